The molecule has 0 aromatic heterocycles. The summed E-state index contributed by atoms with van der Waals surface area (Å²) in [5, 5.41) is 18.3. The highest BCUT2D eigenvalue weighted by Crippen LogP contribution is 2.15. The molecule has 0 spiro atoms. The molecular weight excluding hydrogens is 272 g/mol. The van der Waals surface area contributed by atoms with Crippen LogP contribution in [0.3, 0.4) is 0 Å². The molecule has 0 saturated carbocycles. The lowest BCUT2D eigenvalue weighted by Crippen LogP contribution is -2.34. The lowest BCUT2D eigenvalue weighted by Gasteiger charge is -2.19. The van der Waals surface area contributed by atoms with Crippen molar-refractivity contribution in [1.29, 1.82) is 0 Å². The van der Waals surface area contributed by atoms with Gasteiger partial charge in [0.15, 0.2) is 12.2 Å². The second-order valence-electron chi connectivity index (χ2n) is 5.49. The van der Waals surface area contributed by atoms with Crippen LogP contribution in [0.25, 0.3) is 0 Å². The van der Waals surface area contributed by atoms with E-state index in [2.05, 4.69) is 13.8 Å². The summed E-state index contributed by atoms with van der Waals surface area (Å²) in [6.45, 7) is 4.17. The molecule has 5 nitrogen and oxygen atoms in total. The van der Waals surface area contributed by atoms with Crippen LogP contribution in [-0.4, -0.2) is 34.4 Å². The van der Waals surface area contributed by atoms with E-state index in [1.165, 1.54) is 0 Å². The molecule has 0 aliphatic rings. The normalized spacial score (nSPS) is 13.8. The van der Waals surface area contributed by atoms with Gasteiger partial charge in [0.1, 0.15) is 0 Å². The van der Waals surface area contributed by atoms with Crippen molar-refractivity contribution in [3.63, 3.8) is 0 Å². The SMILES string of the molecule is CCCCCCC(OC(CCCCCC)C(=O)O)C(=O)O. The monoisotopic (exact) mass is 302 g/mol. The fraction of sp³-hybridized carbons (Fsp3) is 0.875. The van der Waals surface area contributed by atoms with Crippen molar-refractivity contribution in [1.82, 2.24) is 0 Å². The first kappa shape index (κ1) is 19.9. The Morgan fingerprint density at radius 3 is 1.43 bits per heavy atom. The largest absolute Gasteiger partial charge is 0.479 e. The van der Waals surface area contributed by atoms with E-state index in [-0.39, 0.29) is 0 Å². The summed E-state index contributed by atoms with van der Waals surface area (Å²) in [6.07, 6.45) is 6.46. The van der Waals surface area contributed by atoms with Gasteiger partial charge in [0.2, 0.25) is 0 Å². The van der Waals surface area contributed by atoms with Gasteiger partial charge < -0.3 is 14.9 Å². The van der Waals surface area contributed by atoms with E-state index >= 15 is 0 Å². The number of unbranched alkanes of at least 4 members (excludes halogenated alkanes) is 6. The standard InChI is InChI=1S/C16H30O5/c1-3-5-7-9-11-13(15(17)18)21-14(16(19)20)12-10-8-6-4-2/h13-14H,3-12H2,1-2H3,(H,17,18)(H,19,20). The maximum atomic E-state index is 11.2. The van der Waals surface area contributed by atoms with Gasteiger partial charge in [0.05, 0.1) is 0 Å². The summed E-state index contributed by atoms with van der Waals surface area (Å²) >= 11 is 0. The first-order valence-electron chi connectivity index (χ1n) is 8.13. The molecule has 2 N–H and O–H groups in total. The van der Waals surface area contributed by atoms with Crippen LogP contribution in [0.1, 0.15) is 78.1 Å². The van der Waals surface area contributed by atoms with Crippen molar-refractivity contribution in [2.24, 2.45) is 0 Å². The lowest BCUT2D eigenvalue weighted by atomic mass is 10.1. The predicted octanol–water partition coefficient (Wildman–Crippen LogP) is 3.85. The van der Waals surface area contributed by atoms with Gasteiger partial charge in [0.25, 0.3) is 0 Å². The third-order valence-electron chi connectivity index (χ3n) is 3.52. The molecule has 0 aliphatic heterocycles. The van der Waals surface area contributed by atoms with E-state index in [1.807, 2.05) is 0 Å². The van der Waals surface area contributed by atoms with Gasteiger partial charge in [-0.2, -0.15) is 0 Å². The second-order valence-corrected chi connectivity index (χ2v) is 5.49. The molecule has 0 amide bonds. The number of ether oxygens (including phenoxy) is 1. The average molecular weight is 302 g/mol. The summed E-state index contributed by atoms with van der Waals surface area (Å²) in [5.74, 6) is -2.13. The van der Waals surface area contributed by atoms with Gasteiger partial charge in [-0.1, -0.05) is 65.2 Å². The third kappa shape index (κ3) is 10.3. The van der Waals surface area contributed by atoms with Crippen LogP contribution in [0, 0.1) is 0 Å². The zero-order valence-electron chi connectivity index (χ0n) is 13.3. The first-order chi connectivity index (χ1) is 10.0. The van der Waals surface area contributed by atoms with Crippen LogP contribution < -0.4 is 0 Å². The lowest BCUT2D eigenvalue weighted by molar-refractivity contribution is -0.166. The Morgan fingerprint density at radius 1 is 0.762 bits per heavy atom. The molecule has 2 unspecified atom stereocenters. The number of carboxylic acids is 2. The fourth-order valence-corrected chi connectivity index (χ4v) is 2.21. The van der Waals surface area contributed by atoms with Gasteiger partial charge in [0, 0.05) is 0 Å². The second kappa shape index (κ2) is 12.6. The predicted molar refractivity (Wildman–Crippen MR) is 81.5 cm³/mol. The van der Waals surface area contributed by atoms with Gasteiger partial charge in [-0.25, -0.2) is 9.59 Å². The van der Waals surface area contributed by atoms with E-state index in [4.69, 9.17) is 14.9 Å². The van der Waals surface area contributed by atoms with Crippen LogP contribution in [0.4, 0.5) is 0 Å². The molecule has 0 aromatic carbocycles. The van der Waals surface area contributed by atoms with Crippen molar-refractivity contribution < 1.29 is 24.5 Å². The third-order valence-corrected chi connectivity index (χ3v) is 3.52. The molecule has 0 rings (SSSR count). The van der Waals surface area contributed by atoms with Crippen LogP contribution in [0.5, 0.6) is 0 Å². The molecule has 0 radical (unpaired) electrons. The number of carbonyl (C=O) groups is 2. The van der Waals surface area contributed by atoms with Crippen LogP contribution in [0.2, 0.25) is 0 Å². The minimum absolute atomic E-state index is 0.383. The molecule has 21 heavy (non-hydrogen) atoms. The Hall–Kier alpha value is -1.10. The van der Waals surface area contributed by atoms with E-state index in [1.54, 1.807) is 0 Å². The van der Waals surface area contributed by atoms with Crippen molar-refractivity contribution in [3.8, 4) is 0 Å². The number of hydrogen-bond donors (Lipinski definition) is 2. The van der Waals surface area contributed by atoms with Gasteiger partial charge in [-0.3, -0.25) is 0 Å². The van der Waals surface area contributed by atoms with E-state index in [0.717, 1.165) is 51.4 Å². The summed E-state index contributed by atoms with van der Waals surface area (Å²) in [4.78, 5) is 22.4. The molecule has 0 fully saturated rings. The molecule has 0 aliphatic carbocycles. The van der Waals surface area contributed by atoms with Crippen LogP contribution >= 0.6 is 0 Å². The van der Waals surface area contributed by atoms with Crippen LogP contribution in [-0.2, 0) is 14.3 Å². The maximum Gasteiger partial charge on any atom is 0.332 e. The Balaban J connectivity index is 4.25. The number of carboxylic acid groups (broad SMARTS) is 2. The Kier molecular flexibility index (Phi) is 12.0. The molecule has 0 aromatic rings. The van der Waals surface area contributed by atoms with Crippen molar-refractivity contribution in [2.45, 2.75) is 90.3 Å². The Labute approximate surface area is 127 Å². The molecule has 124 valence electrons. The highest BCUT2D eigenvalue weighted by Gasteiger charge is 2.26. The maximum absolute atomic E-state index is 11.2. The number of hydrogen-bond acceptors (Lipinski definition) is 3. The number of aliphatic carboxylic acids is 2. The van der Waals surface area contributed by atoms with Crippen molar-refractivity contribution in [3.05, 3.63) is 0 Å². The minimum Gasteiger partial charge on any atom is -0.479 e. The highest BCUT2D eigenvalue weighted by molar-refractivity contribution is 5.75. The average Bonchev–Trinajstić information content (AvgIpc) is 2.44. The minimum atomic E-state index is -1.06. The van der Waals surface area contributed by atoms with Crippen molar-refractivity contribution >= 4 is 11.9 Å². The molecule has 0 bridgehead atoms. The summed E-state index contributed by atoms with van der Waals surface area (Å²) < 4.78 is 5.33. The summed E-state index contributed by atoms with van der Waals surface area (Å²) in [6, 6.07) is 0. The topological polar surface area (TPSA) is 83.8 Å². The quantitative estimate of drug-likeness (QED) is 0.476. The zero-order chi connectivity index (χ0) is 16.1. The van der Waals surface area contributed by atoms with Gasteiger partial charge >= 0.3 is 11.9 Å². The Morgan fingerprint density at radius 2 is 1.14 bits per heavy atom. The summed E-state index contributed by atoms with van der Waals surface area (Å²) in [7, 11) is 0. The molecule has 0 heterocycles. The van der Waals surface area contributed by atoms with E-state index in [9.17, 15) is 9.59 Å². The molecular formula is C16H30O5. The van der Waals surface area contributed by atoms with Crippen LogP contribution in [0.15, 0.2) is 0 Å². The molecule has 2 atom stereocenters. The molecule has 0 saturated heterocycles. The van der Waals surface area contributed by atoms with Gasteiger partial charge in [-0.05, 0) is 12.8 Å². The van der Waals surface area contributed by atoms with E-state index in [0.29, 0.717) is 12.8 Å². The Bertz CT molecular complexity index is 262. The first-order valence-corrected chi connectivity index (χ1v) is 8.13. The van der Waals surface area contributed by atoms with Gasteiger partial charge in [-0.15, -0.1) is 0 Å². The van der Waals surface area contributed by atoms with Crippen molar-refractivity contribution in [2.75, 3.05) is 0 Å². The number of rotatable bonds is 14. The fourth-order valence-electron chi connectivity index (χ4n) is 2.21. The van der Waals surface area contributed by atoms with E-state index < -0.39 is 24.1 Å². The summed E-state index contributed by atoms with van der Waals surface area (Å²) in [5.41, 5.74) is 0. The molecule has 5 heteroatoms. The zero-order valence-corrected chi connectivity index (χ0v) is 13.3. The smallest absolute Gasteiger partial charge is 0.332 e. The highest BCUT2D eigenvalue weighted by atomic mass is 16.5.